The van der Waals surface area contributed by atoms with Crippen LogP contribution in [0, 0.1) is 17.0 Å². The number of rotatable bonds is 5. The zero-order chi connectivity index (χ0) is 16.3. The van der Waals surface area contributed by atoms with Gasteiger partial charge in [0.15, 0.2) is 0 Å². The number of hydrogen-bond acceptors (Lipinski definition) is 4. The summed E-state index contributed by atoms with van der Waals surface area (Å²) in [5.74, 6) is -0.362. The van der Waals surface area contributed by atoms with E-state index in [1.807, 2.05) is 13.1 Å². The highest BCUT2D eigenvalue weighted by Gasteiger charge is 2.18. The first kappa shape index (κ1) is 16.2. The number of benzene rings is 1. The summed E-state index contributed by atoms with van der Waals surface area (Å²) in [4.78, 5) is 22.6. The molecule has 0 unspecified atom stereocenters. The highest BCUT2D eigenvalue weighted by molar-refractivity contribution is 9.10. The molecule has 1 heterocycles. The second kappa shape index (κ2) is 6.69. The summed E-state index contributed by atoms with van der Waals surface area (Å²) in [7, 11) is 0. The number of amides is 1. The van der Waals surface area contributed by atoms with Crippen LogP contribution in [0.5, 0.6) is 0 Å². The van der Waals surface area contributed by atoms with E-state index in [-0.39, 0.29) is 18.1 Å². The molecule has 1 aromatic carbocycles. The molecule has 0 aliphatic heterocycles. The average Bonchev–Trinajstić information content (AvgIpc) is 2.85. The zero-order valence-corrected chi connectivity index (χ0v) is 13.8. The summed E-state index contributed by atoms with van der Waals surface area (Å²) in [5, 5.41) is 18.0. The maximum absolute atomic E-state index is 12.2. The van der Waals surface area contributed by atoms with Crippen LogP contribution in [-0.2, 0) is 13.1 Å². The molecule has 0 aliphatic rings. The first-order valence-corrected chi connectivity index (χ1v) is 7.47. The van der Waals surface area contributed by atoms with Gasteiger partial charge in [0.2, 0.25) is 0 Å². The third kappa shape index (κ3) is 3.33. The number of nitro benzene ring substituents is 1. The van der Waals surface area contributed by atoms with Crippen LogP contribution in [0.2, 0.25) is 0 Å². The molecule has 2 aromatic rings. The fraction of sp³-hybridized carbons (Fsp3) is 0.286. The smallest absolute Gasteiger partial charge is 0.273 e. The number of halogens is 1. The van der Waals surface area contributed by atoms with Gasteiger partial charge < -0.3 is 5.32 Å². The van der Waals surface area contributed by atoms with E-state index >= 15 is 0 Å². The van der Waals surface area contributed by atoms with Crippen LogP contribution in [-0.4, -0.2) is 20.6 Å². The number of hydrogen-bond donors (Lipinski definition) is 1. The fourth-order valence-corrected chi connectivity index (χ4v) is 2.50. The molecular weight excluding hydrogens is 352 g/mol. The van der Waals surface area contributed by atoms with Gasteiger partial charge in [-0.1, -0.05) is 6.07 Å². The van der Waals surface area contributed by atoms with E-state index in [2.05, 4.69) is 26.3 Å². The summed E-state index contributed by atoms with van der Waals surface area (Å²) in [6.45, 7) is 4.51. The van der Waals surface area contributed by atoms with Crippen LogP contribution in [0.1, 0.15) is 28.5 Å². The minimum atomic E-state index is -0.494. The number of aromatic nitrogens is 2. The van der Waals surface area contributed by atoms with E-state index in [1.165, 1.54) is 12.1 Å². The Balaban J connectivity index is 2.14. The summed E-state index contributed by atoms with van der Waals surface area (Å²) in [6, 6.07) is 4.45. The molecule has 0 aliphatic carbocycles. The van der Waals surface area contributed by atoms with Gasteiger partial charge in [-0.05, 0) is 35.8 Å². The highest BCUT2D eigenvalue weighted by atomic mass is 79.9. The molecule has 0 fully saturated rings. The Kier molecular flexibility index (Phi) is 4.92. The molecule has 1 aromatic heterocycles. The number of nitro groups is 1. The van der Waals surface area contributed by atoms with Gasteiger partial charge in [0.05, 0.1) is 21.6 Å². The van der Waals surface area contributed by atoms with Crippen LogP contribution < -0.4 is 5.32 Å². The number of carbonyl (C=O) groups excluding carboxylic acids is 1. The van der Waals surface area contributed by atoms with Gasteiger partial charge in [-0.2, -0.15) is 5.10 Å². The molecule has 0 atom stereocenters. The van der Waals surface area contributed by atoms with Crippen molar-refractivity contribution >= 4 is 27.5 Å². The van der Waals surface area contributed by atoms with Gasteiger partial charge in [0.25, 0.3) is 11.6 Å². The Labute approximate surface area is 135 Å². The Bertz CT molecular complexity index is 727. The van der Waals surface area contributed by atoms with Crippen molar-refractivity contribution in [3.8, 4) is 0 Å². The lowest BCUT2D eigenvalue weighted by molar-refractivity contribution is -0.385. The second-order valence-electron chi connectivity index (χ2n) is 4.67. The largest absolute Gasteiger partial charge is 0.346 e. The van der Waals surface area contributed by atoms with Gasteiger partial charge in [0, 0.05) is 29.9 Å². The van der Waals surface area contributed by atoms with E-state index in [0.717, 1.165) is 11.0 Å². The first-order valence-electron chi connectivity index (χ1n) is 6.68. The Hall–Kier alpha value is -2.22. The quantitative estimate of drug-likeness (QED) is 0.650. The van der Waals surface area contributed by atoms with Crippen LogP contribution in [0.3, 0.4) is 0 Å². The maximum atomic E-state index is 12.2. The molecule has 7 nitrogen and oxygen atoms in total. The van der Waals surface area contributed by atoms with Crippen molar-refractivity contribution in [3.05, 3.63) is 55.8 Å². The normalized spacial score (nSPS) is 10.5. The summed E-state index contributed by atoms with van der Waals surface area (Å²) >= 11 is 3.39. The lowest BCUT2D eigenvalue weighted by atomic mass is 10.1. The molecule has 0 radical (unpaired) electrons. The zero-order valence-electron chi connectivity index (χ0n) is 12.2. The van der Waals surface area contributed by atoms with E-state index in [4.69, 9.17) is 0 Å². The molecule has 116 valence electrons. The van der Waals surface area contributed by atoms with Crippen LogP contribution in [0.25, 0.3) is 0 Å². The van der Waals surface area contributed by atoms with Crippen molar-refractivity contribution in [1.29, 1.82) is 0 Å². The van der Waals surface area contributed by atoms with Gasteiger partial charge in [-0.3, -0.25) is 19.6 Å². The van der Waals surface area contributed by atoms with E-state index in [0.29, 0.717) is 16.8 Å². The van der Waals surface area contributed by atoms with Crippen molar-refractivity contribution in [3.63, 3.8) is 0 Å². The molecule has 1 amide bonds. The number of aryl methyl sites for hydroxylation is 1. The SMILES string of the molecule is CCn1cc(Br)c(CNC(=O)c2cccc([N+](=O)[O-])c2C)n1. The molecule has 1 N–H and O–H groups in total. The summed E-state index contributed by atoms with van der Waals surface area (Å²) in [6.07, 6.45) is 1.83. The third-order valence-electron chi connectivity index (χ3n) is 3.27. The van der Waals surface area contributed by atoms with Crippen molar-refractivity contribution < 1.29 is 9.72 Å². The number of nitrogens with zero attached hydrogens (tertiary/aromatic N) is 3. The highest BCUT2D eigenvalue weighted by Crippen LogP contribution is 2.21. The third-order valence-corrected chi connectivity index (χ3v) is 3.94. The van der Waals surface area contributed by atoms with E-state index in [9.17, 15) is 14.9 Å². The first-order chi connectivity index (χ1) is 10.4. The lowest BCUT2D eigenvalue weighted by Gasteiger charge is -2.07. The maximum Gasteiger partial charge on any atom is 0.273 e. The molecule has 0 spiro atoms. The second-order valence-corrected chi connectivity index (χ2v) is 5.52. The van der Waals surface area contributed by atoms with Crippen molar-refractivity contribution in [2.45, 2.75) is 26.9 Å². The summed E-state index contributed by atoms with van der Waals surface area (Å²) in [5.41, 5.74) is 1.28. The molecule has 2 rings (SSSR count). The molecule has 22 heavy (non-hydrogen) atoms. The van der Waals surface area contributed by atoms with Crippen LogP contribution >= 0.6 is 15.9 Å². The average molecular weight is 367 g/mol. The number of nitrogens with one attached hydrogen (secondary N) is 1. The predicted octanol–water partition coefficient (Wildman–Crippen LogP) is 2.81. The predicted molar refractivity (Wildman–Crippen MR) is 84.6 cm³/mol. The summed E-state index contributed by atoms with van der Waals surface area (Å²) < 4.78 is 2.56. The monoisotopic (exact) mass is 366 g/mol. The minimum absolute atomic E-state index is 0.0657. The minimum Gasteiger partial charge on any atom is -0.346 e. The van der Waals surface area contributed by atoms with Gasteiger partial charge in [-0.15, -0.1) is 0 Å². The molecule has 8 heteroatoms. The Morgan fingerprint density at radius 3 is 2.82 bits per heavy atom. The van der Waals surface area contributed by atoms with E-state index in [1.54, 1.807) is 17.7 Å². The lowest BCUT2D eigenvalue weighted by Crippen LogP contribution is -2.24. The van der Waals surface area contributed by atoms with Gasteiger partial charge >= 0.3 is 0 Å². The molecule has 0 saturated carbocycles. The van der Waals surface area contributed by atoms with Crippen molar-refractivity contribution in [2.24, 2.45) is 0 Å². The van der Waals surface area contributed by atoms with Crippen molar-refractivity contribution in [1.82, 2.24) is 15.1 Å². The van der Waals surface area contributed by atoms with Gasteiger partial charge in [-0.25, -0.2) is 0 Å². The number of carbonyl (C=O) groups is 1. The molecular formula is C14H15BrN4O3. The van der Waals surface area contributed by atoms with E-state index < -0.39 is 4.92 Å². The van der Waals surface area contributed by atoms with Crippen LogP contribution in [0.4, 0.5) is 5.69 Å². The molecule has 0 saturated heterocycles. The van der Waals surface area contributed by atoms with Crippen LogP contribution in [0.15, 0.2) is 28.9 Å². The standard InChI is InChI=1S/C14H15BrN4O3/c1-3-18-8-11(15)12(17-18)7-16-14(20)10-5-4-6-13(9(10)2)19(21)22/h4-6,8H,3,7H2,1-2H3,(H,16,20). The van der Waals surface area contributed by atoms with Crippen molar-refractivity contribution in [2.75, 3.05) is 0 Å². The van der Waals surface area contributed by atoms with Gasteiger partial charge in [0.1, 0.15) is 0 Å². The topological polar surface area (TPSA) is 90.1 Å². The molecule has 0 bridgehead atoms. The fourth-order valence-electron chi connectivity index (χ4n) is 2.05. The Morgan fingerprint density at radius 1 is 1.50 bits per heavy atom. The Morgan fingerprint density at radius 2 is 2.23 bits per heavy atom.